The lowest BCUT2D eigenvalue weighted by Crippen LogP contribution is -2.60. The topological polar surface area (TPSA) is 127 Å². The highest BCUT2D eigenvalue weighted by Gasteiger charge is 2.42. The van der Waals surface area contributed by atoms with Gasteiger partial charge in [-0.1, -0.05) is 24.3 Å². The first-order valence-electron chi connectivity index (χ1n) is 14.0. The molecule has 0 bridgehead atoms. The number of piperazine rings is 1. The van der Waals surface area contributed by atoms with Gasteiger partial charge >= 0.3 is 18.9 Å². The van der Waals surface area contributed by atoms with Crippen molar-refractivity contribution in [3.63, 3.8) is 0 Å². The number of nitrogens with zero attached hydrogens (tertiary/aromatic N) is 5. The Morgan fingerprint density at radius 1 is 0.980 bits per heavy atom. The van der Waals surface area contributed by atoms with Crippen molar-refractivity contribution in [3.8, 4) is 5.75 Å². The molecule has 1 aromatic carbocycles. The Bertz CT molecular complexity index is 1880. The van der Waals surface area contributed by atoms with Crippen LogP contribution in [0.15, 0.2) is 58.8 Å². The van der Waals surface area contributed by atoms with E-state index in [-0.39, 0.29) is 53.8 Å². The SMILES string of the molecule is CC1CC(OC(F)(F)F)=CC=C1CNC(=O)[C@H]1CN(c2nc3nc(C(F)(F)F)ncc3s2)CCN1S(=O)(=O)c1ccc(OC(F)(F)F)cc1. The summed E-state index contributed by atoms with van der Waals surface area (Å²) >= 11 is 0.898. The van der Waals surface area contributed by atoms with Crippen LogP contribution in [-0.2, 0) is 25.7 Å². The normalized spacial score (nSPS) is 19.8. The van der Waals surface area contributed by atoms with Gasteiger partial charge in [0.05, 0.1) is 15.8 Å². The van der Waals surface area contributed by atoms with Crippen LogP contribution in [0.5, 0.6) is 5.75 Å². The highest BCUT2D eigenvalue weighted by molar-refractivity contribution is 7.89. The van der Waals surface area contributed by atoms with Crippen molar-refractivity contribution < 1.29 is 62.2 Å². The van der Waals surface area contributed by atoms with Crippen LogP contribution in [0.4, 0.5) is 44.6 Å². The van der Waals surface area contributed by atoms with E-state index in [1.54, 1.807) is 6.92 Å². The van der Waals surface area contributed by atoms with Crippen LogP contribution in [0, 0.1) is 5.92 Å². The minimum Gasteiger partial charge on any atom is -0.410 e. The smallest absolute Gasteiger partial charge is 0.410 e. The van der Waals surface area contributed by atoms with Crippen molar-refractivity contribution in [2.75, 3.05) is 31.1 Å². The number of benzene rings is 1. The van der Waals surface area contributed by atoms with Crippen LogP contribution in [0.3, 0.4) is 0 Å². The van der Waals surface area contributed by atoms with Crippen LogP contribution >= 0.6 is 11.3 Å². The summed E-state index contributed by atoms with van der Waals surface area (Å²) in [5.41, 5.74) is 0.218. The van der Waals surface area contributed by atoms with Crippen molar-refractivity contribution in [3.05, 3.63) is 59.8 Å². The number of carbonyl (C=O) groups excluding carboxylic acids is 1. The van der Waals surface area contributed by atoms with Gasteiger partial charge < -0.3 is 19.7 Å². The first-order chi connectivity index (χ1) is 22.7. The Morgan fingerprint density at radius 3 is 2.27 bits per heavy atom. The second-order valence-electron chi connectivity index (χ2n) is 10.7. The zero-order valence-electron chi connectivity index (χ0n) is 24.7. The fraction of sp³-hybridized carbons (Fsp3) is 0.407. The van der Waals surface area contributed by atoms with E-state index in [9.17, 15) is 52.7 Å². The molecule has 49 heavy (non-hydrogen) atoms. The monoisotopic (exact) mass is 746 g/mol. The van der Waals surface area contributed by atoms with E-state index in [1.807, 2.05) is 0 Å². The molecule has 0 radical (unpaired) electrons. The van der Waals surface area contributed by atoms with E-state index in [1.165, 1.54) is 11.0 Å². The van der Waals surface area contributed by atoms with Gasteiger partial charge in [0.1, 0.15) is 17.6 Å². The average molecular weight is 747 g/mol. The third kappa shape index (κ3) is 8.71. The fourth-order valence-corrected chi connectivity index (χ4v) is 7.50. The van der Waals surface area contributed by atoms with Gasteiger partial charge in [0.15, 0.2) is 10.8 Å². The molecule has 1 unspecified atom stereocenters. The number of ether oxygens (including phenoxy) is 2. The molecule has 2 atom stereocenters. The second-order valence-corrected chi connectivity index (χ2v) is 13.6. The number of rotatable bonds is 8. The lowest BCUT2D eigenvalue weighted by atomic mass is 9.92. The lowest BCUT2D eigenvalue weighted by molar-refractivity contribution is -0.306. The van der Waals surface area contributed by atoms with E-state index in [0.29, 0.717) is 5.57 Å². The maximum absolute atomic E-state index is 13.7. The Hall–Kier alpha value is -4.18. The summed E-state index contributed by atoms with van der Waals surface area (Å²) in [4.78, 5) is 25.5. The van der Waals surface area contributed by atoms with Gasteiger partial charge in [-0.2, -0.15) is 22.5 Å². The number of alkyl halides is 9. The Balaban J connectivity index is 1.41. The van der Waals surface area contributed by atoms with Crippen molar-refractivity contribution in [1.29, 1.82) is 0 Å². The molecule has 0 saturated carbocycles. The maximum atomic E-state index is 13.7. The van der Waals surface area contributed by atoms with E-state index in [2.05, 4.69) is 29.7 Å². The van der Waals surface area contributed by atoms with E-state index >= 15 is 0 Å². The summed E-state index contributed by atoms with van der Waals surface area (Å²) in [7, 11) is -4.55. The molecular formula is C27H23F9N6O5S2. The lowest BCUT2D eigenvalue weighted by Gasteiger charge is -2.39. The number of fused-ring (bicyclic) bond motifs is 1. The van der Waals surface area contributed by atoms with Gasteiger partial charge in [0, 0.05) is 32.6 Å². The Kier molecular flexibility index (Phi) is 9.78. The third-order valence-electron chi connectivity index (χ3n) is 7.30. The van der Waals surface area contributed by atoms with Crippen LogP contribution in [0.1, 0.15) is 19.2 Å². The number of amides is 1. The number of carbonyl (C=O) groups is 1. The first kappa shape index (κ1) is 36.1. The molecule has 3 aromatic rings. The number of thiazole rings is 1. The summed E-state index contributed by atoms with van der Waals surface area (Å²) in [5.74, 6) is -3.81. The molecular weight excluding hydrogens is 723 g/mol. The zero-order chi connectivity index (χ0) is 35.9. The number of hydrogen-bond acceptors (Lipinski definition) is 10. The molecule has 1 fully saturated rings. The number of halogens is 9. The molecule has 1 N–H and O–H groups in total. The second kappa shape index (κ2) is 13.3. The summed E-state index contributed by atoms with van der Waals surface area (Å²) in [6, 6.07) is 1.79. The van der Waals surface area contributed by atoms with Gasteiger partial charge in [-0.25, -0.2) is 18.4 Å². The fourth-order valence-electron chi connectivity index (χ4n) is 5.02. The van der Waals surface area contributed by atoms with Crippen LogP contribution in [-0.4, -0.2) is 78.5 Å². The quantitative estimate of drug-likeness (QED) is 0.302. The van der Waals surface area contributed by atoms with Crippen molar-refractivity contribution in [2.24, 2.45) is 5.92 Å². The Morgan fingerprint density at radius 2 is 1.65 bits per heavy atom. The van der Waals surface area contributed by atoms with Crippen LogP contribution < -0.4 is 15.0 Å². The van der Waals surface area contributed by atoms with E-state index in [0.717, 1.165) is 52.2 Å². The van der Waals surface area contributed by atoms with Gasteiger partial charge in [-0.15, -0.1) is 26.3 Å². The summed E-state index contributed by atoms with van der Waals surface area (Å²) in [6.07, 6.45) is -11.5. The molecule has 5 rings (SSSR count). The standard InChI is InChI=1S/C27H23F9N6O5S2/c1-14-10-17(47-27(34,35)36)3-2-15(14)11-37-22(43)19-13-41(24-40-21-20(48-24)12-38-23(39-21)25(28,29)30)8-9-42(19)49(44,45)18-6-4-16(5-7-18)46-26(31,32)33/h2-7,12,14,19H,8-11,13H2,1H3,(H,37,43)/t14?,19-/m1/s1. The molecule has 22 heteroatoms. The summed E-state index contributed by atoms with van der Waals surface area (Å²) in [6.45, 7) is 0.567. The van der Waals surface area contributed by atoms with E-state index in [4.69, 9.17) is 0 Å². The van der Waals surface area contributed by atoms with Crippen LogP contribution in [0.2, 0.25) is 0 Å². The highest BCUT2D eigenvalue weighted by Crippen LogP contribution is 2.34. The molecule has 1 aliphatic heterocycles. The molecule has 2 aromatic heterocycles. The van der Waals surface area contributed by atoms with Crippen molar-refractivity contribution >= 4 is 42.7 Å². The van der Waals surface area contributed by atoms with Gasteiger partial charge in [-0.05, 0) is 41.8 Å². The number of anilines is 1. The molecule has 0 spiro atoms. The Labute approximate surface area is 275 Å². The highest BCUT2D eigenvalue weighted by atomic mass is 32.2. The number of sulfonamides is 1. The minimum atomic E-state index is -5.03. The number of hydrogen-bond donors (Lipinski definition) is 1. The molecule has 266 valence electrons. The number of aromatic nitrogens is 3. The van der Waals surface area contributed by atoms with Crippen molar-refractivity contribution in [1.82, 2.24) is 24.6 Å². The number of allylic oxidation sites excluding steroid dienone is 3. The number of nitrogens with one attached hydrogen (secondary N) is 1. The molecule has 2 aliphatic rings. The third-order valence-corrected chi connectivity index (χ3v) is 10.3. The molecule has 11 nitrogen and oxygen atoms in total. The molecule has 1 amide bonds. The van der Waals surface area contributed by atoms with Gasteiger partial charge in [0.25, 0.3) is 0 Å². The predicted octanol–water partition coefficient (Wildman–Crippen LogP) is 5.39. The summed E-state index contributed by atoms with van der Waals surface area (Å²) < 4.78 is 151. The molecule has 3 heterocycles. The maximum Gasteiger partial charge on any atom is 0.573 e. The molecule has 1 aliphatic carbocycles. The van der Waals surface area contributed by atoms with E-state index < -0.39 is 63.3 Å². The van der Waals surface area contributed by atoms with Crippen LogP contribution in [0.25, 0.3) is 10.3 Å². The minimum absolute atomic E-state index is 0.105. The summed E-state index contributed by atoms with van der Waals surface area (Å²) in [5, 5.41) is 2.69. The van der Waals surface area contributed by atoms with Gasteiger partial charge in [-0.3, -0.25) is 4.79 Å². The zero-order valence-corrected chi connectivity index (χ0v) is 26.4. The molecule has 1 saturated heterocycles. The first-order valence-corrected chi connectivity index (χ1v) is 16.2. The largest absolute Gasteiger partial charge is 0.573 e. The predicted molar refractivity (Wildman–Crippen MR) is 153 cm³/mol. The average Bonchev–Trinajstić information content (AvgIpc) is 3.42. The van der Waals surface area contributed by atoms with Gasteiger partial charge in [0.2, 0.25) is 21.8 Å². The van der Waals surface area contributed by atoms with Crippen molar-refractivity contribution in [2.45, 2.75) is 43.2 Å².